The summed E-state index contributed by atoms with van der Waals surface area (Å²) >= 11 is 0. The average Bonchev–Trinajstić information content (AvgIpc) is 2.23. The molecular weight excluding hydrogens is 188 g/mol. The van der Waals surface area contributed by atoms with Crippen LogP contribution in [0.15, 0.2) is 24.3 Å². The molecule has 0 bridgehead atoms. The molecule has 1 fully saturated rings. The van der Waals surface area contributed by atoms with Crippen molar-refractivity contribution in [2.45, 2.75) is 44.3 Å². The first-order valence-corrected chi connectivity index (χ1v) is 5.60. The number of hydrogen-bond donors (Lipinski definition) is 2. The van der Waals surface area contributed by atoms with Crippen molar-refractivity contribution < 1.29 is 10.2 Å². The zero-order chi connectivity index (χ0) is 10.9. The second kappa shape index (κ2) is 3.95. The van der Waals surface area contributed by atoms with Gasteiger partial charge in [-0.25, -0.2) is 0 Å². The second-order valence-corrected chi connectivity index (χ2v) is 4.55. The van der Waals surface area contributed by atoms with Crippen molar-refractivity contribution in [3.05, 3.63) is 35.4 Å². The molecule has 0 saturated heterocycles. The van der Waals surface area contributed by atoms with Crippen molar-refractivity contribution in [2.75, 3.05) is 0 Å². The number of aliphatic hydroxyl groups is 2. The van der Waals surface area contributed by atoms with E-state index in [0.29, 0.717) is 12.8 Å². The maximum atomic E-state index is 10.5. The summed E-state index contributed by atoms with van der Waals surface area (Å²) in [5.41, 5.74) is 0.999. The van der Waals surface area contributed by atoms with Crippen LogP contribution in [0.2, 0.25) is 0 Å². The van der Waals surface area contributed by atoms with Crippen LogP contribution >= 0.6 is 0 Å². The predicted octanol–water partition coefficient (Wildman–Crippen LogP) is 2.12. The molecule has 2 N–H and O–H groups in total. The Morgan fingerprint density at radius 2 is 1.87 bits per heavy atom. The van der Waals surface area contributed by atoms with E-state index in [1.54, 1.807) is 0 Å². The molecule has 0 heterocycles. The number of hydrogen-bond acceptors (Lipinski definition) is 2. The molecule has 2 heteroatoms. The monoisotopic (exact) mass is 206 g/mol. The molecule has 1 aromatic carbocycles. The highest BCUT2D eigenvalue weighted by Gasteiger charge is 2.39. The molecule has 2 rings (SSSR count). The molecule has 82 valence electrons. The normalized spacial score (nSPS) is 31.5. The highest BCUT2D eigenvalue weighted by atomic mass is 16.3. The van der Waals surface area contributed by atoms with E-state index < -0.39 is 11.7 Å². The van der Waals surface area contributed by atoms with Crippen LogP contribution < -0.4 is 0 Å². The van der Waals surface area contributed by atoms with Gasteiger partial charge in [0.2, 0.25) is 0 Å². The molecule has 0 unspecified atom stereocenters. The lowest BCUT2D eigenvalue weighted by Crippen LogP contribution is -2.42. The van der Waals surface area contributed by atoms with Gasteiger partial charge in [0.05, 0.1) is 6.10 Å². The van der Waals surface area contributed by atoms with Gasteiger partial charge in [-0.05, 0) is 25.3 Å². The van der Waals surface area contributed by atoms with Crippen LogP contribution in [0.25, 0.3) is 0 Å². The minimum atomic E-state index is -1.02. The summed E-state index contributed by atoms with van der Waals surface area (Å²) in [4.78, 5) is 0. The molecule has 1 aliphatic carbocycles. The zero-order valence-corrected chi connectivity index (χ0v) is 9.11. The minimum Gasteiger partial charge on any atom is -0.390 e. The molecule has 2 atom stereocenters. The van der Waals surface area contributed by atoms with Gasteiger partial charge in [-0.3, -0.25) is 0 Å². The molecule has 0 radical (unpaired) electrons. The van der Waals surface area contributed by atoms with Crippen molar-refractivity contribution in [1.82, 2.24) is 0 Å². The van der Waals surface area contributed by atoms with E-state index in [1.165, 1.54) is 5.56 Å². The van der Waals surface area contributed by atoms with Gasteiger partial charge in [0.15, 0.2) is 0 Å². The standard InChI is InChI=1S/C13H18O2/c1-10-5-7-11(8-6-10)13(15)9-3-2-4-12(13)14/h5-8,12,14-15H,2-4,9H2,1H3/t12-,13-/m0/s1. The summed E-state index contributed by atoms with van der Waals surface area (Å²) in [6.45, 7) is 2.02. The van der Waals surface area contributed by atoms with Crippen LogP contribution in [0.4, 0.5) is 0 Å². The van der Waals surface area contributed by atoms with Gasteiger partial charge in [-0.1, -0.05) is 42.7 Å². The lowest BCUT2D eigenvalue weighted by molar-refractivity contribution is -0.106. The average molecular weight is 206 g/mol. The molecule has 0 amide bonds. The molecule has 15 heavy (non-hydrogen) atoms. The fourth-order valence-electron chi connectivity index (χ4n) is 2.32. The Kier molecular flexibility index (Phi) is 2.81. The van der Waals surface area contributed by atoms with E-state index >= 15 is 0 Å². The number of benzene rings is 1. The number of aliphatic hydroxyl groups excluding tert-OH is 1. The third-order valence-corrected chi connectivity index (χ3v) is 3.39. The Morgan fingerprint density at radius 3 is 2.47 bits per heavy atom. The smallest absolute Gasteiger partial charge is 0.115 e. The SMILES string of the molecule is Cc1ccc([C@@]2(O)CCCC[C@@H]2O)cc1. The van der Waals surface area contributed by atoms with Crippen molar-refractivity contribution >= 4 is 0 Å². The van der Waals surface area contributed by atoms with Crippen molar-refractivity contribution in [3.8, 4) is 0 Å². The van der Waals surface area contributed by atoms with Crippen LogP contribution in [0.3, 0.4) is 0 Å². The largest absolute Gasteiger partial charge is 0.390 e. The molecule has 1 aromatic rings. The van der Waals surface area contributed by atoms with Crippen molar-refractivity contribution in [1.29, 1.82) is 0 Å². The van der Waals surface area contributed by atoms with Crippen LogP contribution in [0, 0.1) is 6.92 Å². The van der Waals surface area contributed by atoms with E-state index in [0.717, 1.165) is 18.4 Å². The Balaban J connectivity index is 2.30. The third-order valence-electron chi connectivity index (χ3n) is 3.39. The van der Waals surface area contributed by atoms with Gasteiger partial charge in [-0.2, -0.15) is 0 Å². The van der Waals surface area contributed by atoms with Crippen LogP contribution in [-0.2, 0) is 5.60 Å². The highest BCUT2D eigenvalue weighted by molar-refractivity contribution is 5.28. The summed E-state index contributed by atoms with van der Waals surface area (Å²) in [7, 11) is 0. The van der Waals surface area contributed by atoms with Gasteiger partial charge in [-0.15, -0.1) is 0 Å². The Morgan fingerprint density at radius 1 is 1.20 bits per heavy atom. The van der Waals surface area contributed by atoms with Crippen molar-refractivity contribution in [2.24, 2.45) is 0 Å². The minimum absolute atomic E-state index is 0.617. The number of aryl methyl sites for hydroxylation is 1. The van der Waals surface area contributed by atoms with Gasteiger partial charge in [0, 0.05) is 0 Å². The lowest BCUT2D eigenvalue weighted by Gasteiger charge is -2.37. The summed E-state index contributed by atoms with van der Waals surface area (Å²) in [5, 5.41) is 20.4. The summed E-state index contributed by atoms with van der Waals surface area (Å²) in [5.74, 6) is 0. The molecule has 2 nitrogen and oxygen atoms in total. The van der Waals surface area contributed by atoms with Crippen LogP contribution in [0.1, 0.15) is 36.8 Å². The van der Waals surface area contributed by atoms with Gasteiger partial charge in [0.1, 0.15) is 5.60 Å². The lowest BCUT2D eigenvalue weighted by atomic mass is 9.77. The first-order valence-electron chi connectivity index (χ1n) is 5.60. The summed E-state index contributed by atoms with van der Waals surface area (Å²) in [6.07, 6.45) is 2.74. The fraction of sp³-hybridized carbons (Fsp3) is 0.538. The second-order valence-electron chi connectivity index (χ2n) is 4.55. The van der Waals surface area contributed by atoms with Crippen LogP contribution in [-0.4, -0.2) is 16.3 Å². The maximum absolute atomic E-state index is 10.5. The molecule has 0 aliphatic heterocycles. The van der Waals surface area contributed by atoms with Gasteiger partial charge >= 0.3 is 0 Å². The summed E-state index contributed by atoms with van der Waals surface area (Å²) < 4.78 is 0. The zero-order valence-electron chi connectivity index (χ0n) is 9.11. The third kappa shape index (κ3) is 1.92. The van der Waals surface area contributed by atoms with Crippen molar-refractivity contribution in [3.63, 3.8) is 0 Å². The van der Waals surface area contributed by atoms with E-state index in [9.17, 15) is 10.2 Å². The predicted molar refractivity (Wildman–Crippen MR) is 59.6 cm³/mol. The van der Waals surface area contributed by atoms with E-state index in [1.807, 2.05) is 31.2 Å². The maximum Gasteiger partial charge on any atom is 0.115 e. The highest BCUT2D eigenvalue weighted by Crippen LogP contribution is 2.37. The molecule has 1 saturated carbocycles. The number of rotatable bonds is 1. The quantitative estimate of drug-likeness (QED) is 0.739. The fourth-order valence-corrected chi connectivity index (χ4v) is 2.32. The van der Waals surface area contributed by atoms with Crippen LogP contribution in [0.5, 0.6) is 0 Å². The van der Waals surface area contributed by atoms with E-state index in [2.05, 4.69) is 0 Å². The van der Waals surface area contributed by atoms with E-state index in [4.69, 9.17) is 0 Å². The first kappa shape index (κ1) is 10.7. The Hall–Kier alpha value is -0.860. The van der Waals surface area contributed by atoms with Gasteiger partial charge in [0.25, 0.3) is 0 Å². The Labute approximate surface area is 90.6 Å². The first-order chi connectivity index (χ1) is 7.13. The summed E-state index contributed by atoms with van der Waals surface area (Å²) in [6, 6.07) is 7.80. The topological polar surface area (TPSA) is 40.5 Å². The molecule has 0 aromatic heterocycles. The van der Waals surface area contributed by atoms with Gasteiger partial charge < -0.3 is 10.2 Å². The molecule has 1 aliphatic rings. The molecule has 0 spiro atoms. The Bertz CT molecular complexity index is 331. The molecular formula is C13H18O2. The van der Waals surface area contributed by atoms with E-state index in [-0.39, 0.29) is 0 Å².